The maximum atomic E-state index is 12.0. The second-order valence-corrected chi connectivity index (χ2v) is 4.60. The molecule has 0 aliphatic heterocycles. The highest BCUT2D eigenvalue weighted by molar-refractivity contribution is 4.66. The normalized spacial score (nSPS) is 14.8. The largest absolute Gasteiger partial charge is 0.390 e. The molecule has 0 spiro atoms. The van der Waals surface area contributed by atoms with Crippen molar-refractivity contribution >= 4 is 0 Å². The molecule has 0 fully saturated rings. The highest BCUT2D eigenvalue weighted by Gasteiger charge is 2.29. The van der Waals surface area contributed by atoms with Crippen LogP contribution in [0, 0.1) is 0 Å². The molecule has 1 N–H and O–H groups in total. The van der Waals surface area contributed by atoms with Gasteiger partial charge < -0.3 is 10.2 Å². The first kappa shape index (κ1) is 15.7. The third-order valence-corrected chi connectivity index (χ3v) is 2.60. The van der Waals surface area contributed by atoms with Gasteiger partial charge in [-0.3, -0.25) is 0 Å². The Morgan fingerprint density at radius 2 is 1.75 bits per heavy atom. The Bertz CT molecular complexity index is 181. The highest BCUT2D eigenvalue weighted by atomic mass is 19.4. The molecule has 0 aromatic heterocycles. The molecule has 1 unspecified atom stereocenters. The van der Waals surface area contributed by atoms with Gasteiger partial charge in [0.2, 0.25) is 0 Å². The van der Waals surface area contributed by atoms with E-state index < -0.39 is 18.6 Å². The van der Waals surface area contributed by atoms with E-state index >= 15 is 0 Å². The minimum atomic E-state index is -4.07. The van der Waals surface area contributed by atoms with Gasteiger partial charge in [0, 0.05) is 12.1 Å². The summed E-state index contributed by atoms with van der Waals surface area (Å²) in [4.78, 5) is 2.18. The van der Waals surface area contributed by atoms with Crippen LogP contribution >= 0.6 is 0 Å². The van der Waals surface area contributed by atoms with Gasteiger partial charge in [0.05, 0.1) is 6.42 Å². The Hall–Kier alpha value is -0.290. The van der Waals surface area contributed by atoms with E-state index in [4.69, 9.17) is 0 Å². The Balaban J connectivity index is 3.52. The third kappa shape index (κ3) is 8.97. The van der Waals surface area contributed by atoms with Gasteiger partial charge in [-0.1, -0.05) is 0 Å². The van der Waals surface area contributed by atoms with Crippen molar-refractivity contribution in [1.82, 2.24) is 10.2 Å². The van der Waals surface area contributed by atoms with E-state index in [-0.39, 0.29) is 0 Å². The zero-order valence-corrected chi connectivity index (χ0v) is 10.6. The lowest BCUT2D eigenvalue weighted by Crippen LogP contribution is -2.34. The maximum absolute atomic E-state index is 12.0. The molecule has 0 aliphatic carbocycles. The number of rotatable bonds is 7. The molecule has 2 nitrogen and oxygen atoms in total. The zero-order chi connectivity index (χ0) is 12.8. The average Bonchev–Trinajstić information content (AvgIpc) is 2.08. The Morgan fingerprint density at radius 1 is 1.19 bits per heavy atom. The fourth-order valence-electron chi connectivity index (χ4n) is 1.35. The zero-order valence-electron chi connectivity index (χ0n) is 10.6. The molecule has 0 aromatic rings. The summed E-state index contributed by atoms with van der Waals surface area (Å²) >= 11 is 0. The summed E-state index contributed by atoms with van der Waals surface area (Å²) in [6.45, 7) is 7.30. The number of hydrogen-bond acceptors (Lipinski definition) is 2. The molecule has 0 aliphatic rings. The van der Waals surface area contributed by atoms with Crippen molar-refractivity contribution in [3.63, 3.8) is 0 Å². The number of nitrogens with one attached hydrogen (secondary N) is 1. The van der Waals surface area contributed by atoms with E-state index in [0.717, 1.165) is 13.0 Å². The molecule has 0 bridgehead atoms. The molecule has 0 saturated heterocycles. The fraction of sp³-hybridized carbons (Fsp3) is 1.00. The number of halogens is 3. The predicted molar refractivity (Wildman–Crippen MR) is 60.5 cm³/mol. The van der Waals surface area contributed by atoms with E-state index in [1.165, 1.54) is 0 Å². The molecule has 0 aromatic carbocycles. The number of nitrogens with zero attached hydrogens (tertiary/aromatic N) is 1. The lowest BCUT2D eigenvalue weighted by molar-refractivity contribution is -0.139. The first-order chi connectivity index (χ1) is 7.22. The average molecular weight is 240 g/mol. The summed E-state index contributed by atoms with van der Waals surface area (Å²) in [5, 5.41) is 2.89. The summed E-state index contributed by atoms with van der Waals surface area (Å²) < 4.78 is 36.0. The molecular formula is C11H23F3N2. The van der Waals surface area contributed by atoms with Gasteiger partial charge in [-0.25, -0.2) is 0 Å². The van der Waals surface area contributed by atoms with Crippen molar-refractivity contribution in [1.29, 1.82) is 0 Å². The third-order valence-electron chi connectivity index (χ3n) is 2.60. The van der Waals surface area contributed by atoms with Crippen LogP contribution in [0.5, 0.6) is 0 Å². The van der Waals surface area contributed by atoms with Crippen LogP contribution in [0.1, 0.15) is 33.6 Å². The molecule has 0 rings (SSSR count). The van der Waals surface area contributed by atoms with Crippen LogP contribution in [0.25, 0.3) is 0 Å². The van der Waals surface area contributed by atoms with Crippen LogP contribution in [0.4, 0.5) is 13.2 Å². The van der Waals surface area contributed by atoms with Crippen LogP contribution in [0.15, 0.2) is 0 Å². The van der Waals surface area contributed by atoms with E-state index in [0.29, 0.717) is 12.6 Å². The lowest BCUT2D eigenvalue weighted by atomic mass is 10.2. The minimum Gasteiger partial charge on any atom is -0.314 e. The predicted octanol–water partition coefficient (Wildman–Crippen LogP) is 2.65. The second kappa shape index (κ2) is 7.12. The fourth-order valence-corrected chi connectivity index (χ4v) is 1.35. The monoisotopic (exact) mass is 240 g/mol. The highest BCUT2D eigenvalue weighted by Crippen LogP contribution is 2.21. The van der Waals surface area contributed by atoms with Gasteiger partial charge in [-0.05, 0) is 47.3 Å². The van der Waals surface area contributed by atoms with Crippen LogP contribution in [-0.2, 0) is 0 Å². The molecule has 5 heteroatoms. The van der Waals surface area contributed by atoms with E-state index in [1.54, 1.807) is 6.92 Å². The van der Waals surface area contributed by atoms with Gasteiger partial charge in [-0.2, -0.15) is 13.2 Å². The molecule has 0 saturated carbocycles. The van der Waals surface area contributed by atoms with Crippen molar-refractivity contribution in [2.24, 2.45) is 0 Å². The Kier molecular flexibility index (Phi) is 6.99. The molecule has 16 heavy (non-hydrogen) atoms. The van der Waals surface area contributed by atoms with Crippen LogP contribution < -0.4 is 5.32 Å². The summed E-state index contributed by atoms with van der Waals surface area (Å²) in [5.41, 5.74) is 0. The van der Waals surface area contributed by atoms with E-state index in [2.05, 4.69) is 24.1 Å². The first-order valence-electron chi connectivity index (χ1n) is 5.72. The molecular weight excluding hydrogens is 217 g/mol. The van der Waals surface area contributed by atoms with Crippen molar-refractivity contribution in [3.8, 4) is 0 Å². The Labute approximate surface area is 96.2 Å². The molecule has 0 heterocycles. The standard InChI is InChI=1S/C11H23F3N2/c1-9(2)16(4)7-5-6-15-10(3)8-11(12,13)14/h9-10,15H,5-8H2,1-4H3. The van der Waals surface area contributed by atoms with Gasteiger partial charge >= 0.3 is 6.18 Å². The molecule has 98 valence electrons. The molecule has 1 atom stereocenters. The maximum Gasteiger partial charge on any atom is 0.390 e. The molecule has 0 radical (unpaired) electrons. The van der Waals surface area contributed by atoms with Crippen molar-refractivity contribution in [3.05, 3.63) is 0 Å². The van der Waals surface area contributed by atoms with Gasteiger partial charge in [-0.15, -0.1) is 0 Å². The summed E-state index contributed by atoms with van der Waals surface area (Å²) in [5.74, 6) is 0. The number of hydrogen-bond donors (Lipinski definition) is 1. The smallest absolute Gasteiger partial charge is 0.314 e. The van der Waals surface area contributed by atoms with Gasteiger partial charge in [0.15, 0.2) is 0 Å². The van der Waals surface area contributed by atoms with E-state index in [1.807, 2.05) is 7.05 Å². The quantitative estimate of drug-likeness (QED) is 0.688. The van der Waals surface area contributed by atoms with Crippen molar-refractivity contribution < 1.29 is 13.2 Å². The summed E-state index contributed by atoms with van der Waals surface area (Å²) in [7, 11) is 2.02. The van der Waals surface area contributed by atoms with Crippen LogP contribution in [-0.4, -0.2) is 43.3 Å². The van der Waals surface area contributed by atoms with Crippen LogP contribution in [0.3, 0.4) is 0 Å². The van der Waals surface area contributed by atoms with Gasteiger partial charge in [0.25, 0.3) is 0 Å². The van der Waals surface area contributed by atoms with Crippen LogP contribution in [0.2, 0.25) is 0 Å². The number of alkyl halides is 3. The second-order valence-electron chi connectivity index (χ2n) is 4.60. The minimum absolute atomic E-state index is 0.479. The Morgan fingerprint density at radius 3 is 2.19 bits per heavy atom. The van der Waals surface area contributed by atoms with Crippen molar-refractivity contribution in [2.45, 2.75) is 51.9 Å². The lowest BCUT2D eigenvalue weighted by Gasteiger charge is -2.21. The van der Waals surface area contributed by atoms with Gasteiger partial charge in [0.1, 0.15) is 0 Å². The SMILES string of the molecule is CC(CC(F)(F)F)NCCCN(C)C(C)C. The topological polar surface area (TPSA) is 15.3 Å². The summed E-state index contributed by atoms with van der Waals surface area (Å²) in [6.07, 6.45) is -3.95. The summed E-state index contributed by atoms with van der Waals surface area (Å²) in [6, 6.07) is -0.0167. The molecule has 0 amide bonds. The van der Waals surface area contributed by atoms with Crippen molar-refractivity contribution in [2.75, 3.05) is 20.1 Å². The van der Waals surface area contributed by atoms with E-state index in [9.17, 15) is 13.2 Å². The first-order valence-corrected chi connectivity index (χ1v) is 5.72.